The topological polar surface area (TPSA) is 3.24 Å². The van der Waals surface area contributed by atoms with Crippen molar-refractivity contribution in [3.63, 3.8) is 0 Å². The summed E-state index contributed by atoms with van der Waals surface area (Å²) in [4.78, 5) is 2.43. The lowest BCUT2D eigenvalue weighted by atomic mass is 9.94. The zero-order chi connectivity index (χ0) is 40.5. The van der Waals surface area contributed by atoms with E-state index in [1.54, 1.807) is 0 Å². The Kier molecular flexibility index (Phi) is 9.26. The summed E-state index contributed by atoms with van der Waals surface area (Å²) >= 11 is 0. The molecule has 0 aliphatic rings. The fourth-order valence-corrected chi connectivity index (χ4v) is 8.87. The van der Waals surface area contributed by atoms with Crippen molar-refractivity contribution in [2.75, 3.05) is 4.90 Å². The summed E-state index contributed by atoms with van der Waals surface area (Å²) in [5.74, 6) is 0. The minimum Gasteiger partial charge on any atom is -0.310 e. The molecule has 0 heterocycles. The van der Waals surface area contributed by atoms with E-state index < -0.39 is 0 Å². The molecular formula is C60H41N. The monoisotopic (exact) mass is 775 g/mol. The first-order chi connectivity index (χ1) is 30.2. The van der Waals surface area contributed by atoms with Crippen LogP contribution in [0.2, 0.25) is 0 Å². The van der Waals surface area contributed by atoms with E-state index in [9.17, 15) is 0 Å². The summed E-state index contributed by atoms with van der Waals surface area (Å²) in [5.41, 5.74) is 15.2. The van der Waals surface area contributed by atoms with Crippen molar-refractivity contribution in [1.29, 1.82) is 0 Å². The van der Waals surface area contributed by atoms with Crippen LogP contribution in [0.15, 0.2) is 249 Å². The number of hydrogen-bond donors (Lipinski definition) is 0. The maximum Gasteiger partial charge on any atom is 0.0546 e. The Balaban J connectivity index is 1.07. The van der Waals surface area contributed by atoms with Gasteiger partial charge in [0.1, 0.15) is 0 Å². The Bertz CT molecular complexity index is 3340. The maximum absolute atomic E-state index is 2.43. The van der Waals surface area contributed by atoms with Gasteiger partial charge in [-0.3, -0.25) is 0 Å². The molecule has 0 amide bonds. The number of nitrogens with zero attached hydrogens (tertiary/aromatic N) is 1. The molecule has 0 saturated carbocycles. The average molecular weight is 776 g/mol. The lowest BCUT2D eigenvalue weighted by Crippen LogP contribution is -2.11. The van der Waals surface area contributed by atoms with Crippen LogP contribution in [0.25, 0.3) is 88.0 Å². The number of benzene rings is 11. The molecule has 0 saturated heterocycles. The second-order valence-corrected chi connectivity index (χ2v) is 15.8. The fourth-order valence-electron chi connectivity index (χ4n) is 8.87. The average Bonchev–Trinajstić information content (AvgIpc) is 3.34. The standard InChI is InChI=1S/C60H41N/c1-2-12-42(13-3-1)45-28-33-55(34-29-45)61(56-35-30-46(31-36-56)50-20-10-21-53(39-50)58-23-11-19-47-16-8-9-22-57(47)58)60-41-52(51-26-24-43-14-4-6-17-48(43)38-51)32-37-59(60)54-27-25-44-15-5-7-18-49(44)40-54/h1-41H. The van der Waals surface area contributed by atoms with E-state index in [0.29, 0.717) is 0 Å². The quantitative estimate of drug-likeness (QED) is 0.149. The highest BCUT2D eigenvalue weighted by Crippen LogP contribution is 2.45. The van der Waals surface area contributed by atoms with E-state index in [1.165, 1.54) is 76.8 Å². The Morgan fingerprint density at radius 3 is 1.34 bits per heavy atom. The summed E-state index contributed by atoms with van der Waals surface area (Å²) in [5, 5.41) is 7.43. The van der Waals surface area contributed by atoms with Crippen molar-refractivity contribution < 1.29 is 0 Å². The van der Waals surface area contributed by atoms with Crippen LogP contribution in [-0.4, -0.2) is 0 Å². The van der Waals surface area contributed by atoms with Gasteiger partial charge in [0.25, 0.3) is 0 Å². The molecule has 61 heavy (non-hydrogen) atoms. The van der Waals surface area contributed by atoms with Crippen LogP contribution in [0, 0.1) is 0 Å². The van der Waals surface area contributed by atoms with Crippen molar-refractivity contribution in [3.8, 4) is 55.6 Å². The molecular weight excluding hydrogens is 735 g/mol. The van der Waals surface area contributed by atoms with Gasteiger partial charge in [-0.05, 0) is 131 Å². The Morgan fingerprint density at radius 1 is 0.213 bits per heavy atom. The largest absolute Gasteiger partial charge is 0.310 e. The molecule has 0 bridgehead atoms. The van der Waals surface area contributed by atoms with E-state index in [4.69, 9.17) is 0 Å². The molecule has 0 N–H and O–H groups in total. The van der Waals surface area contributed by atoms with Gasteiger partial charge in [-0.25, -0.2) is 0 Å². The Hall–Kier alpha value is -8.00. The molecule has 1 heteroatoms. The van der Waals surface area contributed by atoms with Gasteiger partial charge >= 0.3 is 0 Å². The maximum atomic E-state index is 2.43. The zero-order valence-electron chi connectivity index (χ0n) is 33.6. The summed E-state index contributed by atoms with van der Waals surface area (Å²) in [6, 6.07) is 90.6. The van der Waals surface area contributed by atoms with Gasteiger partial charge in [-0.2, -0.15) is 0 Å². The first-order valence-corrected chi connectivity index (χ1v) is 21.0. The zero-order valence-corrected chi connectivity index (χ0v) is 33.6. The second kappa shape index (κ2) is 15.6. The van der Waals surface area contributed by atoms with Gasteiger partial charge in [0.15, 0.2) is 0 Å². The molecule has 0 aliphatic carbocycles. The molecule has 0 radical (unpaired) electrons. The predicted octanol–water partition coefficient (Wildman–Crippen LogP) is 17.0. The molecule has 0 unspecified atom stereocenters. The van der Waals surface area contributed by atoms with Gasteiger partial charge in [0.2, 0.25) is 0 Å². The van der Waals surface area contributed by atoms with Crippen LogP contribution in [0.5, 0.6) is 0 Å². The van der Waals surface area contributed by atoms with Gasteiger partial charge in [0, 0.05) is 16.9 Å². The van der Waals surface area contributed by atoms with E-state index in [-0.39, 0.29) is 0 Å². The van der Waals surface area contributed by atoms with Crippen molar-refractivity contribution >= 4 is 49.4 Å². The van der Waals surface area contributed by atoms with Crippen LogP contribution >= 0.6 is 0 Å². The van der Waals surface area contributed by atoms with E-state index in [2.05, 4.69) is 254 Å². The first kappa shape index (κ1) is 36.1. The normalized spacial score (nSPS) is 11.3. The number of rotatable bonds is 8. The van der Waals surface area contributed by atoms with Gasteiger partial charge < -0.3 is 4.90 Å². The van der Waals surface area contributed by atoms with Crippen molar-refractivity contribution in [2.24, 2.45) is 0 Å². The lowest BCUT2D eigenvalue weighted by molar-refractivity contribution is 1.28. The summed E-state index contributed by atoms with van der Waals surface area (Å²) in [7, 11) is 0. The molecule has 0 aliphatic heterocycles. The summed E-state index contributed by atoms with van der Waals surface area (Å²) in [6.07, 6.45) is 0. The minimum atomic E-state index is 1.08. The third-order valence-corrected chi connectivity index (χ3v) is 12.0. The predicted molar refractivity (Wildman–Crippen MR) is 261 cm³/mol. The second-order valence-electron chi connectivity index (χ2n) is 15.8. The van der Waals surface area contributed by atoms with Crippen LogP contribution in [-0.2, 0) is 0 Å². The smallest absolute Gasteiger partial charge is 0.0546 e. The molecule has 11 aromatic carbocycles. The van der Waals surface area contributed by atoms with Crippen molar-refractivity contribution in [2.45, 2.75) is 0 Å². The first-order valence-electron chi connectivity index (χ1n) is 21.0. The van der Waals surface area contributed by atoms with Crippen LogP contribution < -0.4 is 4.90 Å². The molecule has 0 fully saturated rings. The van der Waals surface area contributed by atoms with Gasteiger partial charge in [-0.1, -0.05) is 200 Å². The van der Waals surface area contributed by atoms with E-state index >= 15 is 0 Å². The Labute approximate surface area is 357 Å². The summed E-state index contributed by atoms with van der Waals surface area (Å²) in [6.45, 7) is 0. The van der Waals surface area contributed by atoms with Crippen LogP contribution in [0.3, 0.4) is 0 Å². The highest BCUT2D eigenvalue weighted by Gasteiger charge is 2.20. The lowest BCUT2D eigenvalue weighted by Gasteiger charge is -2.29. The molecule has 11 aromatic rings. The van der Waals surface area contributed by atoms with Crippen molar-refractivity contribution in [1.82, 2.24) is 0 Å². The molecule has 1 nitrogen and oxygen atoms in total. The molecule has 0 atom stereocenters. The molecule has 286 valence electrons. The highest BCUT2D eigenvalue weighted by molar-refractivity contribution is 5.98. The third kappa shape index (κ3) is 7.03. The molecule has 11 rings (SSSR count). The molecule has 0 spiro atoms. The number of hydrogen-bond acceptors (Lipinski definition) is 1. The minimum absolute atomic E-state index is 1.08. The number of anilines is 3. The molecule has 0 aromatic heterocycles. The third-order valence-electron chi connectivity index (χ3n) is 12.0. The number of fused-ring (bicyclic) bond motifs is 3. The van der Waals surface area contributed by atoms with Gasteiger partial charge in [-0.15, -0.1) is 0 Å². The van der Waals surface area contributed by atoms with Gasteiger partial charge in [0.05, 0.1) is 5.69 Å². The summed E-state index contributed by atoms with van der Waals surface area (Å²) < 4.78 is 0. The van der Waals surface area contributed by atoms with Crippen LogP contribution in [0.1, 0.15) is 0 Å². The van der Waals surface area contributed by atoms with Crippen molar-refractivity contribution in [3.05, 3.63) is 249 Å². The van der Waals surface area contributed by atoms with Crippen LogP contribution in [0.4, 0.5) is 17.1 Å². The fraction of sp³-hybridized carbons (Fsp3) is 0. The highest BCUT2D eigenvalue weighted by atomic mass is 15.1. The van der Waals surface area contributed by atoms with E-state index in [0.717, 1.165) is 28.2 Å². The Morgan fingerprint density at radius 2 is 0.639 bits per heavy atom. The SMILES string of the molecule is c1ccc(-c2ccc(N(c3ccc(-c4cccc(-c5cccc6ccccc56)c4)cc3)c3cc(-c4ccc5ccccc5c4)ccc3-c3ccc4ccccc4c3)cc2)cc1. The van der Waals surface area contributed by atoms with E-state index in [1.807, 2.05) is 0 Å².